The van der Waals surface area contributed by atoms with Crippen LogP contribution in [-0.4, -0.2) is 33.6 Å². The smallest absolute Gasteiger partial charge is 0.0489 e. The summed E-state index contributed by atoms with van der Waals surface area (Å²) < 4.78 is 1.94. The molecule has 86 valence electrons. The third-order valence-electron chi connectivity index (χ3n) is 2.48. The third kappa shape index (κ3) is 4.95. The monoisotopic (exact) mass is 211 g/mol. The first kappa shape index (κ1) is 12.2. The Morgan fingerprint density at radius 3 is 2.67 bits per heavy atom. The van der Waals surface area contributed by atoms with Gasteiger partial charge in [-0.15, -0.1) is 0 Å². The van der Waals surface area contributed by atoms with Crippen LogP contribution in [0.2, 0.25) is 0 Å². The molecule has 15 heavy (non-hydrogen) atoms. The Morgan fingerprint density at radius 1 is 1.33 bits per heavy atom. The summed E-state index contributed by atoms with van der Waals surface area (Å²) in [7, 11) is 0. The van der Waals surface area contributed by atoms with E-state index in [4.69, 9.17) is 5.11 Å². The summed E-state index contributed by atoms with van der Waals surface area (Å²) in [6.45, 7) is 5.45. The van der Waals surface area contributed by atoms with Crippen molar-refractivity contribution in [2.75, 3.05) is 6.61 Å². The molecular formula is C11H21N3O. The SMILES string of the molecule is CC(CCn1cccn1)N[C@H](C)CCO. The second-order valence-electron chi connectivity index (χ2n) is 4.04. The van der Waals surface area contributed by atoms with Gasteiger partial charge in [0.15, 0.2) is 0 Å². The summed E-state index contributed by atoms with van der Waals surface area (Å²) >= 11 is 0. The molecule has 0 amide bonds. The van der Waals surface area contributed by atoms with Gasteiger partial charge in [0, 0.05) is 37.6 Å². The van der Waals surface area contributed by atoms with Gasteiger partial charge in [-0.2, -0.15) is 5.10 Å². The molecule has 1 aromatic heterocycles. The van der Waals surface area contributed by atoms with E-state index in [1.54, 1.807) is 6.20 Å². The van der Waals surface area contributed by atoms with Crippen LogP contribution in [0.25, 0.3) is 0 Å². The van der Waals surface area contributed by atoms with Gasteiger partial charge in [-0.3, -0.25) is 4.68 Å². The summed E-state index contributed by atoms with van der Waals surface area (Å²) in [5.41, 5.74) is 0. The fourth-order valence-electron chi connectivity index (χ4n) is 1.60. The highest BCUT2D eigenvalue weighted by Gasteiger charge is 2.06. The predicted octanol–water partition coefficient (Wildman–Crippen LogP) is 1.02. The molecule has 4 nitrogen and oxygen atoms in total. The van der Waals surface area contributed by atoms with E-state index in [1.165, 1.54) is 0 Å². The average Bonchev–Trinajstić information content (AvgIpc) is 2.67. The molecule has 0 spiro atoms. The van der Waals surface area contributed by atoms with E-state index in [0.29, 0.717) is 12.1 Å². The number of aliphatic hydroxyl groups is 1. The van der Waals surface area contributed by atoms with E-state index < -0.39 is 0 Å². The zero-order valence-corrected chi connectivity index (χ0v) is 9.56. The maximum Gasteiger partial charge on any atom is 0.0489 e. The second-order valence-corrected chi connectivity index (χ2v) is 4.04. The average molecular weight is 211 g/mol. The van der Waals surface area contributed by atoms with Crippen molar-refractivity contribution in [2.24, 2.45) is 0 Å². The van der Waals surface area contributed by atoms with Gasteiger partial charge < -0.3 is 10.4 Å². The molecule has 0 saturated heterocycles. The quantitative estimate of drug-likeness (QED) is 0.708. The minimum atomic E-state index is 0.250. The first-order valence-electron chi connectivity index (χ1n) is 5.56. The van der Waals surface area contributed by atoms with Crippen LogP contribution < -0.4 is 5.32 Å². The number of aliphatic hydroxyl groups excluding tert-OH is 1. The molecule has 0 aliphatic heterocycles. The molecule has 0 aliphatic rings. The number of hydrogen-bond donors (Lipinski definition) is 2. The summed E-state index contributed by atoms with van der Waals surface area (Å²) in [5.74, 6) is 0. The minimum Gasteiger partial charge on any atom is -0.396 e. The van der Waals surface area contributed by atoms with Crippen LogP contribution in [0.4, 0.5) is 0 Å². The molecule has 2 N–H and O–H groups in total. The maximum absolute atomic E-state index is 8.78. The lowest BCUT2D eigenvalue weighted by Gasteiger charge is -2.19. The van der Waals surface area contributed by atoms with Crippen molar-refractivity contribution in [1.29, 1.82) is 0 Å². The van der Waals surface area contributed by atoms with Crippen LogP contribution in [0.5, 0.6) is 0 Å². The van der Waals surface area contributed by atoms with E-state index in [9.17, 15) is 0 Å². The van der Waals surface area contributed by atoms with Crippen molar-refractivity contribution in [3.05, 3.63) is 18.5 Å². The van der Waals surface area contributed by atoms with E-state index in [2.05, 4.69) is 24.3 Å². The third-order valence-corrected chi connectivity index (χ3v) is 2.48. The Balaban J connectivity index is 2.15. The zero-order chi connectivity index (χ0) is 11.1. The largest absolute Gasteiger partial charge is 0.396 e. The molecule has 0 saturated carbocycles. The number of aromatic nitrogens is 2. The molecule has 1 rings (SSSR count). The molecule has 0 bridgehead atoms. The van der Waals surface area contributed by atoms with Crippen LogP contribution in [-0.2, 0) is 6.54 Å². The van der Waals surface area contributed by atoms with E-state index in [-0.39, 0.29) is 6.61 Å². The van der Waals surface area contributed by atoms with Gasteiger partial charge in [0.2, 0.25) is 0 Å². The van der Waals surface area contributed by atoms with Gasteiger partial charge in [0.1, 0.15) is 0 Å². The Labute approximate surface area is 91.3 Å². The molecule has 1 aromatic rings. The topological polar surface area (TPSA) is 50.1 Å². The molecule has 1 heterocycles. The Morgan fingerprint density at radius 2 is 2.07 bits per heavy atom. The lowest BCUT2D eigenvalue weighted by Crippen LogP contribution is -2.35. The van der Waals surface area contributed by atoms with Crippen molar-refractivity contribution in [3.8, 4) is 0 Å². The number of hydrogen-bond acceptors (Lipinski definition) is 3. The van der Waals surface area contributed by atoms with Gasteiger partial charge in [0.05, 0.1) is 0 Å². The highest BCUT2D eigenvalue weighted by atomic mass is 16.3. The van der Waals surface area contributed by atoms with Gasteiger partial charge in [-0.1, -0.05) is 0 Å². The number of nitrogens with one attached hydrogen (secondary N) is 1. The lowest BCUT2D eigenvalue weighted by atomic mass is 10.2. The number of aryl methyl sites for hydroxylation is 1. The van der Waals surface area contributed by atoms with Crippen molar-refractivity contribution in [1.82, 2.24) is 15.1 Å². The Hall–Kier alpha value is -0.870. The second kappa shape index (κ2) is 6.58. The van der Waals surface area contributed by atoms with Crippen molar-refractivity contribution < 1.29 is 5.11 Å². The lowest BCUT2D eigenvalue weighted by molar-refractivity contribution is 0.262. The van der Waals surface area contributed by atoms with Crippen LogP contribution in [0, 0.1) is 0 Å². The molecule has 1 unspecified atom stereocenters. The van der Waals surface area contributed by atoms with Gasteiger partial charge in [0.25, 0.3) is 0 Å². The first-order valence-corrected chi connectivity index (χ1v) is 5.56. The van der Waals surface area contributed by atoms with Crippen molar-refractivity contribution >= 4 is 0 Å². The molecule has 0 aromatic carbocycles. The molecular weight excluding hydrogens is 190 g/mol. The van der Waals surface area contributed by atoms with Crippen LogP contribution in [0.15, 0.2) is 18.5 Å². The zero-order valence-electron chi connectivity index (χ0n) is 9.56. The summed E-state index contributed by atoms with van der Waals surface area (Å²) in [4.78, 5) is 0. The molecule has 2 atom stereocenters. The van der Waals surface area contributed by atoms with Crippen molar-refractivity contribution in [3.63, 3.8) is 0 Å². The summed E-state index contributed by atoms with van der Waals surface area (Å²) in [5, 5.41) is 16.4. The van der Waals surface area contributed by atoms with Crippen LogP contribution >= 0.6 is 0 Å². The number of nitrogens with zero attached hydrogens (tertiary/aromatic N) is 2. The minimum absolute atomic E-state index is 0.250. The van der Waals surface area contributed by atoms with E-state index in [1.807, 2.05) is 16.9 Å². The van der Waals surface area contributed by atoms with Crippen molar-refractivity contribution in [2.45, 2.75) is 45.3 Å². The highest BCUT2D eigenvalue weighted by molar-refractivity contribution is 4.78. The van der Waals surface area contributed by atoms with E-state index >= 15 is 0 Å². The standard InChI is InChI=1S/C11H21N3O/c1-10(13-11(2)5-9-15)4-8-14-7-3-6-12-14/h3,6-7,10-11,13,15H,4-5,8-9H2,1-2H3/t10?,11-/m1/s1. The van der Waals surface area contributed by atoms with Gasteiger partial charge in [-0.25, -0.2) is 0 Å². The highest BCUT2D eigenvalue weighted by Crippen LogP contribution is 1.98. The molecule has 0 fully saturated rings. The Bertz CT molecular complexity index is 248. The fraction of sp³-hybridized carbons (Fsp3) is 0.727. The van der Waals surface area contributed by atoms with Crippen LogP contribution in [0.1, 0.15) is 26.7 Å². The Kier molecular flexibility index (Phi) is 5.36. The maximum atomic E-state index is 8.78. The van der Waals surface area contributed by atoms with Gasteiger partial charge in [-0.05, 0) is 32.8 Å². The predicted molar refractivity (Wildman–Crippen MR) is 60.6 cm³/mol. The normalized spacial score (nSPS) is 15.1. The summed E-state index contributed by atoms with van der Waals surface area (Å²) in [6.07, 6.45) is 5.64. The summed E-state index contributed by atoms with van der Waals surface area (Å²) in [6, 6.07) is 2.77. The van der Waals surface area contributed by atoms with Gasteiger partial charge >= 0.3 is 0 Å². The van der Waals surface area contributed by atoms with E-state index in [0.717, 1.165) is 19.4 Å². The molecule has 4 heteroatoms. The van der Waals surface area contributed by atoms with Crippen LogP contribution in [0.3, 0.4) is 0 Å². The molecule has 0 radical (unpaired) electrons. The molecule has 0 aliphatic carbocycles. The fourth-order valence-corrected chi connectivity index (χ4v) is 1.60. The number of rotatable bonds is 7. The first-order chi connectivity index (χ1) is 7.22.